The predicted octanol–water partition coefficient (Wildman–Crippen LogP) is 0.528. The molecule has 0 radical (unpaired) electrons. The van der Waals surface area contributed by atoms with Crippen molar-refractivity contribution in [1.82, 2.24) is 10.3 Å². The number of carbonyl (C=O) groups excluding carboxylic acids is 1. The fourth-order valence-corrected chi connectivity index (χ4v) is 3.71. The predicted molar refractivity (Wildman–Crippen MR) is 63.3 cm³/mol. The second kappa shape index (κ2) is 5.01. The lowest BCUT2D eigenvalue weighted by atomic mass is 10.2. The summed E-state index contributed by atoms with van der Waals surface area (Å²) in [5.41, 5.74) is -0.125. The maximum Gasteiger partial charge on any atom is 0.254 e. The largest absolute Gasteiger partial charge is 0.351 e. The Morgan fingerprint density at radius 3 is 2.94 bits per heavy atom. The zero-order valence-corrected chi connectivity index (χ0v) is 10.4. The van der Waals surface area contributed by atoms with Crippen LogP contribution in [0.3, 0.4) is 0 Å². The number of rotatable bonds is 3. The number of nitrogens with zero attached hydrogens (tertiary/aromatic N) is 1. The molecule has 0 aromatic carbocycles. The number of nitrogens with one attached hydrogen (secondary N) is 1. The Balaban J connectivity index is 1.99. The van der Waals surface area contributed by atoms with E-state index in [9.17, 15) is 17.6 Å². The van der Waals surface area contributed by atoms with Crippen LogP contribution < -0.4 is 5.32 Å². The minimum absolute atomic E-state index is 0.0307. The van der Waals surface area contributed by atoms with E-state index in [2.05, 4.69) is 10.3 Å². The summed E-state index contributed by atoms with van der Waals surface area (Å²) in [6.45, 7) is 0.0307. The molecule has 0 bridgehead atoms. The van der Waals surface area contributed by atoms with Gasteiger partial charge in [-0.25, -0.2) is 12.8 Å². The zero-order chi connectivity index (χ0) is 13.2. The molecule has 7 heteroatoms. The van der Waals surface area contributed by atoms with Crippen molar-refractivity contribution in [3.05, 3.63) is 29.8 Å². The van der Waals surface area contributed by atoms with Gasteiger partial charge < -0.3 is 5.32 Å². The Kier molecular flexibility index (Phi) is 3.60. The zero-order valence-electron chi connectivity index (χ0n) is 9.60. The van der Waals surface area contributed by atoms with E-state index >= 15 is 0 Å². The molecule has 1 saturated heterocycles. The van der Waals surface area contributed by atoms with E-state index < -0.39 is 26.8 Å². The van der Waals surface area contributed by atoms with Gasteiger partial charge in [-0.2, -0.15) is 0 Å². The molecule has 0 aliphatic carbocycles. The summed E-state index contributed by atoms with van der Waals surface area (Å²) in [6, 6.07) is 1.26. The highest BCUT2D eigenvalue weighted by Crippen LogP contribution is 2.19. The van der Waals surface area contributed by atoms with Crippen LogP contribution in [0.25, 0.3) is 0 Å². The third-order valence-electron chi connectivity index (χ3n) is 2.97. The van der Waals surface area contributed by atoms with E-state index in [1.165, 1.54) is 12.3 Å². The molecule has 1 aliphatic rings. The van der Waals surface area contributed by atoms with Crippen LogP contribution in [0, 0.1) is 5.82 Å². The van der Waals surface area contributed by atoms with Crippen molar-refractivity contribution >= 4 is 15.7 Å². The van der Waals surface area contributed by atoms with Gasteiger partial charge in [0.05, 0.1) is 22.8 Å². The third kappa shape index (κ3) is 2.66. The fraction of sp³-hybridized carbons (Fsp3) is 0.455. The number of halogens is 1. The van der Waals surface area contributed by atoms with E-state index in [1.807, 2.05) is 0 Å². The quantitative estimate of drug-likeness (QED) is 0.870. The number of carbonyl (C=O) groups is 1. The van der Waals surface area contributed by atoms with Crippen LogP contribution in [-0.2, 0) is 9.84 Å². The molecule has 5 nitrogen and oxygen atoms in total. The lowest BCUT2D eigenvalue weighted by molar-refractivity contribution is 0.0949. The van der Waals surface area contributed by atoms with E-state index in [0.29, 0.717) is 12.8 Å². The summed E-state index contributed by atoms with van der Waals surface area (Å²) in [6.07, 6.45) is 3.42. The van der Waals surface area contributed by atoms with Crippen LogP contribution in [0.15, 0.2) is 18.5 Å². The molecule has 1 fully saturated rings. The molecule has 98 valence electrons. The Hall–Kier alpha value is -1.50. The van der Waals surface area contributed by atoms with Crippen molar-refractivity contribution in [3.63, 3.8) is 0 Å². The molecule has 18 heavy (non-hydrogen) atoms. The normalized spacial score (nSPS) is 21.7. The molecule has 1 unspecified atom stereocenters. The monoisotopic (exact) mass is 272 g/mol. The Labute approximate surface area is 104 Å². The highest BCUT2D eigenvalue weighted by Gasteiger charge is 2.31. The molecule has 2 heterocycles. The van der Waals surface area contributed by atoms with Crippen molar-refractivity contribution in [2.75, 3.05) is 12.3 Å². The summed E-state index contributed by atoms with van der Waals surface area (Å²) < 4.78 is 36.3. The van der Waals surface area contributed by atoms with Gasteiger partial charge in [0.2, 0.25) is 0 Å². The number of hydrogen-bond donors (Lipinski definition) is 1. The van der Waals surface area contributed by atoms with Gasteiger partial charge >= 0.3 is 0 Å². The molecule has 1 amide bonds. The van der Waals surface area contributed by atoms with Crippen LogP contribution in [0.2, 0.25) is 0 Å². The Bertz CT molecular complexity index is 559. The number of amides is 1. The second-order valence-corrected chi connectivity index (χ2v) is 6.60. The van der Waals surface area contributed by atoms with Gasteiger partial charge in [0.1, 0.15) is 0 Å². The lowest BCUT2D eigenvalue weighted by Crippen LogP contribution is -2.35. The van der Waals surface area contributed by atoms with Gasteiger partial charge in [-0.05, 0) is 18.9 Å². The Morgan fingerprint density at radius 2 is 2.33 bits per heavy atom. The first-order valence-corrected chi connectivity index (χ1v) is 7.31. The molecule has 1 aromatic heterocycles. The minimum atomic E-state index is -3.10. The lowest BCUT2D eigenvalue weighted by Gasteiger charge is -2.10. The Morgan fingerprint density at radius 1 is 1.56 bits per heavy atom. The van der Waals surface area contributed by atoms with Gasteiger partial charge in [0, 0.05) is 12.7 Å². The van der Waals surface area contributed by atoms with Crippen LogP contribution in [0.4, 0.5) is 4.39 Å². The first-order chi connectivity index (χ1) is 8.50. The summed E-state index contributed by atoms with van der Waals surface area (Å²) >= 11 is 0. The van der Waals surface area contributed by atoms with Crippen LogP contribution in [0.5, 0.6) is 0 Å². The molecule has 0 spiro atoms. The fourth-order valence-electron chi connectivity index (χ4n) is 1.95. The third-order valence-corrected chi connectivity index (χ3v) is 5.25. The van der Waals surface area contributed by atoms with Crippen LogP contribution in [-0.4, -0.2) is 36.9 Å². The first-order valence-electron chi connectivity index (χ1n) is 5.60. The number of aromatic nitrogens is 1. The molecule has 1 aliphatic heterocycles. The van der Waals surface area contributed by atoms with E-state index in [-0.39, 0.29) is 17.9 Å². The highest BCUT2D eigenvalue weighted by molar-refractivity contribution is 7.92. The molecule has 0 saturated carbocycles. The molecule has 1 aromatic rings. The standard InChI is InChI=1S/C11H13FN2O3S/c12-10-7-13-4-3-9(10)11(15)14-6-8-2-1-5-18(8,16)17/h3-4,7-8H,1-2,5-6H2,(H,14,15). The molecule has 1 N–H and O–H groups in total. The van der Waals surface area contributed by atoms with Crippen molar-refractivity contribution in [2.45, 2.75) is 18.1 Å². The van der Waals surface area contributed by atoms with Crippen molar-refractivity contribution in [2.24, 2.45) is 0 Å². The molecule has 1 atom stereocenters. The first kappa shape index (κ1) is 12.9. The number of sulfone groups is 1. The van der Waals surface area contributed by atoms with Gasteiger partial charge in [0.15, 0.2) is 15.7 Å². The van der Waals surface area contributed by atoms with Crippen molar-refractivity contribution in [3.8, 4) is 0 Å². The SMILES string of the molecule is O=C(NCC1CCCS1(=O)=O)c1ccncc1F. The average molecular weight is 272 g/mol. The van der Waals surface area contributed by atoms with Gasteiger partial charge in [-0.15, -0.1) is 0 Å². The van der Waals surface area contributed by atoms with Crippen molar-refractivity contribution in [1.29, 1.82) is 0 Å². The van der Waals surface area contributed by atoms with Gasteiger partial charge in [-0.1, -0.05) is 0 Å². The number of pyridine rings is 1. The summed E-state index contributed by atoms with van der Waals surface area (Å²) in [5.74, 6) is -1.17. The van der Waals surface area contributed by atoms with Gasteiger partial charge in [0.25, 0.3) is 5.91 Å². The van der Waals surface area contributed by atoms with E-state index in [1.54, 1.807) is 0 Å². The van der Waals surface area contributed by atoms with E-state index in [4.69, 9.17) is 0 Å². The topological polar surface area (TPSA) is 76.1 Å². The smallest absolute Gasteiger partial charge is 0.254 e. The molecular formula is C11H13FN2O3S. The van der Waals surface area contributed by atoms with E-state index in [0.717, 1.165) is 6.20 Å². The number of hydrogen-bond acceptors (Lipinski definition) is 4. The summed E-state index contributed by atoms with van der Waals surface area (Å²) in [7, 11) is -3.10. The van der Waals surface area contributed by atoms with Crippen LogP contribution >= 0.6 is 0 Å². The van der Waals surface area contributed by atoms with Crippen molar-refractivity contribution < 1.29 is 17.6 Å². The molecule has 2 rings (SSSR count). The average Bonchev–Trinajstić information content (AvgIpc) is 2.66. The summed E-state index contributed by atoms with van der Waals surface area (Å²) in [5, 5.41) is 1.90. The van der Waals surface area contributed by atoms with Crippen LogP contribution in [0.1, 0.15) is 23.2 Å². The maximum absolute atomic E-state index is 13.3. The minimum Gasteiger partial charge on any atom is -0.351 e. The highest BCUT2D eigenvalue weighted by atomic mass is 32.2. The van der Waals surface area contributed by atoms with Gasteiger partial charge in [-0.3, -0.25) is 9.78 Å². The molecular weight excluding hydrogens is 259 g/mol. The maximum atomic E-state index is 13.3. The second-order valence-electron chi connectivity index (χ2n) is 4.20. The summed E-state index contributed by atoms with van der Waals surface area (Å²) in [4.78, 5) is 15.2.